The zero-order valence-electron chi connectivity index (χ0n) is 8.14. The van der Waals surface area contributed by atoms with Crippen LogP contribution in [0, 0.1) is 0 Å². The first-order chi connectivity index (χ1) is 6.74. The van der Waals surface area contributed by atoms with Gasteiger partial charge in [0.15, 0.2) is 0 Å². The average Bonchev–Trinajstić information content (AvgIpc) is 2.56. The Labute approximate surface area is 92.9 Å². The van der Waals surface area contributed by atoms with Crippen LogP contribution in [-0.4, -0.2) is 10.6 Å². The van der Waals surface area contributed by atoms with Gasteiger partial charge in [-0.3, -0.25) is 4.98 Å². The summed E-state index contributed by atoms with van der Waals surface area (Å²) in [5.41, 5.74) is 3.86. The molecule has 0 saturated carbocycles. The van der Waals surface area contributed by atoms with Crippen LogP contribution < -0.4 is 0 Å². The molecule has 6 atom stereocenters. The minimum atomic E-state index is 0.114. The Morgan fingerprint density at radius 2 is 2.43 bits per heavy atom. The molecule has 76 valence electrons. The van der Waals surface area contributed by atoms with Gasteiger partial charge < -0.3 is 0 Å². The number of hydrogen-bond acceptors (Lipinski definition) is 1. The maximum atomic E-state index is 4.21. The molecule has 1 heterocycles. The Balaban J connectivity index is 2.25. The second-order valence-corrected chi connectivity index (χ2v) is 13.3. The molecule has 1 nitrogen and oxygen atoms in total. The van der Waals surface area contributed by atoms with Crippen LogP contribution >= 0.6 is 33.1 Å². The second kappa shape index (κ2) is 4.80. The highest BCUT2D eigenvalue weighted by Gasteiger charge is 2.32. The smallest absolute Gasteiger partial charge is 0.0302 e. The standard InChI is InChI=1S/C9H15NP4/c1-6-8-2-3-10-5-7(8)4-9(6)14(12)13-11/h2-3,5-6,9,13H,4,11-12H2,1H3. The topological polar surface area (TPSA) is 12.9 Å². The highest BCUT2D eigenvalue weighted by atomic mass is 32.6. The molecule has 0 aliphatic heterocycles. The molecule has 0 aromatic carbocycles. The lowest BCUT2D eigenvalue weighted by Crippen LogP contribution is -2.04. The fraction of sp³-hybridized carbons (Fsp3) is 0.444. The van der Waals surface area contributed by atoms with Crippen LogP contribution in [-0.2, 0) is 6.42 Å². The summed E-state index contributed by atoms with van der Waals surface area (Å²) in [6, 6.07) is 2.19. The van der Waals surface area contributed by atoms with Gasteiger partial charge in [0.1, 0.15) is 0 Å². The molecule has 0 saturated heterocycles. The van der Waals surface area contributed by atoms with Gasteiger partial charge in [0.05, 0.1) is 0 Å². The first kappa shape index (κ1) is 11.4. The van der Waals surface area contributed by atoms with Crippen LogP contribution in [0.25, 0.3) is 0 Å². The molecule has 2 rings (SSSR count). The molecular formula is C9H15NP4. The Morgan fingerprint density at radius 3 is 3.07 bits per heavy atom. The van der Waals surface area contributed by atoms with Crippen LogP contribution in [0.15, 0.2) is 18.5 Å². The third-order valence-corrected chi connectivity index (χ3v) is 14.3. The Bertz CT molecular complexity index is 330. The summed E-state index contributed by atoms with van der Waals surface area (Å²) in [6.45, 7) is 2.36. The van der Waals surface area contributed by atoms with E-state index in [-0.39, 0.29) is 7.30 Å². The molecule has 0 fully saturated rings. The van der Waals surface area contributed by atoms with Crippen molar-refractivity contribution in [1.29, 1.82) is 0 Å². The van der Waals surface area contributed by atoms with Crippen molar-refractivity contribution in [1.82, 2.24) is 4.98 Å². The average molecular weight is 261 g/mol. The highest BCUT2D eigenvalue weighted by molar-refractivity contribution is 8.61. The minimum Gasteiger partial charge on any atom is -0.264 e. The monoisotopic (exact) mass is 261 g/mol. The van der Waals surface area contributed by atoms with Gasteiger partial charge in [0.2, 0.25) is 0 Å². The first-order valence-electron chi connectivity index (χ1n) is 4.67. The van der Waals surface area contributed by atoms with Crippen LogP contribution in [0.5, 0.6) is 0 Å². The molecule has 0 N–H and O–H groups in total. The van der Waals surface area contributed by atoms with E-state index in [1.807, 2.05) is 12.4 Å². The van der Waals surface area contributed by atoms with Gasteiger partial charge in [-0.1, -0.05) is 22.2 Å². The van der Waals surface area contributed by atoms with Gasteiger partial charge in [-0.25, -0.2) is 0 Å². The van der Waals surface area contributed by atoms with Crippen molar-refractivity contribution in [3.05, 3.63) is 29.6 Å². The van der Waals surface area contributed by atoms with Crippen LogP contribution in [0.2, 0.25) is 0 Å². The molecule has 0 bridgehead atoms. The first-order valence-corrected chi connectivity index (χ1v) is 11.3. The maximum Gasteiger partial charge on any atom is 0.0302 e. The number of nitrogens with zero attached hydrogens (tertiary/aromatic N) is 1. The molecule has 14 heavy (non-hydrogen) atoms. The molecule has 1 aliphatic rings. The molecular weight excluding hydrogens is 246 g/mol. The van der Waals surface area contributed by atoms with Gasteiger partial charge in [-0.2, -0.15) is 0 Å². The van der Waals surface area contributed by atoms with Crippen molar-refractivity contribution in [2.75, 3.05) is 0 Å². The zero-order valence-corrected chi connectivity index (χ0v) is 12.3. The molecule has 0 amide bonds. The molecule has 5 heteroatoms. The number of hydrogen-bond donors (Lipinski definition) is 0. The lowest BCUT2D eigenvalue weighted by Gasteiger charge is -2.22. The predicted molar refractivity (Wildman–Crippen MR) is 74.8 cm³/mol. The summed E-state index contributed by atoms with van der Waals surface area (Å²) in [4.78, 5) is 4.21. The lowest BCUT2D eigenvalue weighted by molar-refractivity contribution is 0.764. The van der Waals surface area contributed by atoms with E-state index < -0.39 is 0 Å². The van der Waals surface area contributed by atoms with Crippen LogP contribution in [0.1, 0.15) is 24.0 Å². The quantitative estimate of drug-likeness (QED) is 0.738. The molecule has 6 unspecified atom stereocenters. The summed E-state index contributed by atoms with van der Waals surface area (Å²) in [7, 11) is 7.07. The Hall–Kier alpha value is 0.870. The fourth-order valence-electron chi connectivity index (χ4n) is 2.10. The van der Waals surface area contributed by atoms with Crippen LogP contribution in [0.4, 0.5) is 0 Å². The second-order valence-electron chi connectivity index (χ2n) is 3.67. The summed E-state index contributed by atoms with van der Waals surface area (Å²) in [5, 5.41) is 0. The van der Waals surface area contributed by atoms with Gasteiger partial charge in [-0.05, 0) is 35.2 Å². The third-order valence-electron chi connectivity index (χ3n) is 2.94. The van der Waals surface area contributed by atoms with Crippen molar-refractivity contribution < 1.29 is 0 Å². The molecule has 1 aromatic rings. The van der Waals surface area contributed by atoms with Gasteiger partial charge in [0.25, 0.3) is 0 Å². The normalized spacial score (nSPS) is 28.2. The highest BCUT2D eigenvalue weighted by Crippen LogP contribution is 2.72. The van der Waals surface area contributed by atoms with Gasteiger partial charge >= 0.3 is 0 Å². The van der Waals surface area contributed by atoms with Gasteiger partial charge in [0, 0.05) is 12.4 Å². The van der Waals surface area contributed by atoms with Crippen molar-refractivity contribution in [3.63, 3.8) is 0 Å². The van der Waals surface area contributed by atoms with E-state index in [1.165, 1.54) is 17.5 Å². The van der Waals surface area contributed by atoms with Crippen LogP contribution in [0.3, 0.4) is 0 Å². The van der Waals surface area contributed by atoms with E-state index in [2.05, 4.69) is 35.8 Å². The summed E-state index contributed by atoms with van der Waals surface area (Å²) in [6.07, 6.45) is 5.21. The SMILES string of the molecule is CC1c2ccncc2CC1P(P)PP. The van der Waals surface area contributed by atoms with E-state index >= 15 is 0 Å². The third kappa shape index (κ3) is 2.03. The van der Waals surface area contributed by atoms with Crippen molar-refractivity contribution in [2.24, 2.45) is 0 Å². The van der Waals surface area contributed by atoms with E-state index in [4.69, 9.17) is 0 Å². The Morgan fingerprint density at radius 1 is 1.64 bits per heavy atom. The maximum absolute atomic E-state index is 4.21. The molecule has 1 aliphatic carbocycles. The fourth-order valence-corrected chi connectivity index (χ4v) is 7.66. The molecule has 0 spiro atoms. The Kier molecular flexibility index (Phi) is 3.90. The van der Waals surface area contributed by atoms with Gasteiger partial charge in [-0.15, -0.1) is 17.9 Å². The number of rotatable bonds is 2. The van der Waals surface area contributed by atoms with Crippen molar-refractivity contribution in [3.8, 4) is 0 Å². The summed E-state index contributed by atoms with van der Waals surface area (Å²) in [5.74, 6) is 0.727. The van der Waals surface area contributed by atoms with E-state index in [9.17, 15) is 0 Å². The number of fused-ring (bicyclic) bond motifs is 1. The molecule has 1 aromatic heterocycles. The van der Waals surface area contributed by atoms with E-state index in [1.54, 1.807) is 0 Å². The van der Waals surface area contributed by atoms with E-state index in [0.717, 1.165) is 19.5 Å². The van der Waals surface area contributed by atoms with Crippen molar-refractivity contribution >= 4 is 33.1 Å². The summed E-state index contributed by atoms with van der Waals surface area (Å²) >= 11 is 0. The van der Waals surface area contributed by atoms with E-state index in [0.29, 0.717) is 0 Å². The number of pyridine rings is 1. The largest absolute Gasteiger partial charge is 0.264 e. The lowest BCUT2D eigenvalue weighted by atomic mass is 10.1. The number of aromatic nitrogens is 1. The summed E-state index contributed by atoms with van der Waals surface area (Å²) < 4.78 is 0. The molecule has 0 radical (unpaired) electrons. The predicted octanol–water partition coefficient (Wildman–Crippen LogP) is 3.77. The van der Waals surface area contributed by atoms with Crippen molar-refractivity contribution in [2.45, 2.75) is 24.9 Å². The minimum absolute atomic E-state index is 0.114. The zero-order chi connectivity index (χ0) is 10.1.